The second-order valence-corrected chi connectivity index (χ2v) is 8.53. The standard InChI is InChI=1S/C31H26N2O2/c1-35-30-17-15-26(22-25(30)14-16-27-12-7-8-19-32-27)31(34)33-20-18-24-11-5-6-13-28(24)29(33)21-23-9-3-2-4-10-23/h2-13,15,17,19,22,29H,18,20-21H2,1H3. The molecule has 4 heteroatoms. The molecule has 4 nitrogen and oxygen atoms in total. The van der Waals surface area contributed by atoms with Crippen molar-refractivity contribution < 1.29 is 9.53 Å². The number of fused-ring (bicyclic) bond motifs is 1. The number of pyridine rings is 1. The van der Waals surface area contributed by atoms with Gasteiger partial charge < -0.3 is 9.64 Å². The average molecular weight is 459 g/mol. The molecule has 172 valence electrons. The van der Waals surface area contributed by atoms with Crippen LogP contribution in [0.25, 0.3) is 0 Å². The fourth-order valence-electron chi connectivity index (χ4n) is 4.62. The number of aromatic nitrogens is 1. The summed E-state index contributed by atoms with van der Waals surface area (Å²) in [4.78, 5) is 20.1. The SMILES string of the molecule is COc1ccc(C(=O)N2CCc3ccccc3C2Cc2ccccc2)cc1C#Cc1ccccn1. The third-order valence-corrected chi connectivity index (χ3v) is 6.38. The summed E-state index contributed by atoms with van der Waals surface area (Å²) in [6, 6.07) is 29.9. The van der Waals surface area contributed by atoms with Crippen molar-refractivity contribution in [3.05, 3.63) is 131 Å². The van der Waals surface area contributed by atoms with Gasteiger partial charge in [-0.15, -0.1) is 0 Å². The number of hydrogen-bond acceptors (Lipinski definition) is 3. The molecule has 0 radical (unpaired) electrons. The van der Waals surface area contributed by atoms with Gasteiger partial charge in [-0.2, -0.15) is 0 Å². The summed E-state index contributed by atoms with van der Waals surface area (Å²) < 4.78 is 5.51. The predicted molar refractivity (Wildman–Crippen MR) is 137 cm³/mol. The van der Waals surface area contributed by atoms with Crippen molar-refractivity contribution in [2.24, 2.45) is 0 Å². The molecule has 0 bridgehead atoms. The summed E-state index contributed by atoms with van der Waals surface area (Å²) in [5, 5.41) is 0. The molecule has 35 heavy (non-hydrogen) atoms. The molecule has 0 aliphatic carbocycles. The first-order valence-electron chi connectivity index (χ1n) is 11.8. The minimum absolute atomic E-state index is 0.00368. The Morgan fingerprint density at radius 3 is 2.57 bits per heavy atom. The van der Waals surface area contributed by atoms with Crippen LogP contribution in [0.3, 0.4) is 0 Å². The number of ether oxygens (including phenoxy) is 1. The highest BCUT2D eigenvalue weighted by molar-refractivity contribution is 5.95. The number of carbonyl (C=O) groups is 1. The molecule has 1 aromatic heterocycles. The minimum atomic E-state index is -0.0278. The summed E-state index contributed by atoms with van der Waals surface area (Å²) in [6.07, 6.45) is 3.32. The highest BCUT2D eigenvalue weighted by Gasteiger charge is 2.31. The van der Waals surface area contributed by atoms with Gasteiger partial charge in [0.2, 0.25) is 0 Å². The Kier molecular flexibility index (Phi) is 6.59. The van der Waals surface area contributed by atoms with Crippen LogP contribution in [0.5, 0.6) is 5.75 Å². The molecule has 0 fully saturated rings. The van der Waals surface area contributed by atoms with Gasteiger partial charge in [-0.05, 0) is 65.8 Å². The summed E-state index contributed by atoms with van der Waals surface area (Å²) in [5.41, 5.74) is 5.69. The number of hydrogen-bond donors (Lipinski definition) is 0. The van der Waals surface area contributed by atoms with Gasteiger partial charge in [-0.3, -0.25) is 4.79 Å². The van der Waals surface area contributed by atoms with Crippen LogP contribution in [0, 0.1) is 11.8 Å². The highest BCUT2D eigenvalue weighted by atomic mass is 16.5. The molecule has 0 N–H and O–H groups in total. The van der Waals surface area contributed by atoms with Gasteiger partial charge in [0.15, 0.2) is 0 Å². The lowest BCUT2D eigenvalue weighted by Gasteiger charge is -2.38. The molecule has 1 amide bonds. The molecular formula is C31H26N2O2. The quantitative estimate of drug-likeness (QED) is 0.381. The molecule has 4 aromatic rings. The number of benzene rings is 3. The number of amides is 1. The third-order valence-electron chi connectivity index (χ3n) is 6.38. The van der Waals surface area contributed by atoms with E-state index in [0.717, 1.165) is 12.8 Å². The van der Waals surface area contributed by atoms with Crippen molar-refractivity contribution in [1.82, 2.24) is 9.88 Å². The van der Waals surface area contributed by atoms with Gasteiger partial charge in [-0.1, -0.05) is 66.6 Å². The van der Waals surface area contributed by atoms with Crippen molar-refractivity contribution in [3.8, 4) is 17.6 Å². The molecule has 1 atom stereocenters. The van der Waals surface area contributed by atoms with Crippen molar-refractivity contribution in [1.29, 1.82) is 0 Å². The maximum Gasteiger partial charge on any atom is 0.254 e. The lowest BCUT2D eigenvalue weighted by molar-refractivity contribution is 0.0660. The van der Waals surface area contributed by atoms with Crippen LogP contribution in [0.4, 0.5) is 0 Å². The lowest BCUT2D eigenvalue weighted by Crippen LogP contribution is -2.41. The largest absolute Gasteiger partial charge is 0.495 e. The van der Waals surface area contributed by atoms with Crippen LogP contribution in [0.15, 0.2) is 97.2 Å². The molecular weight excluding hydrogens is 432 g/mol. The second kappa shape index (κ2) is 10.3. The summed E-state index contributed by atoms with van der Waals surface area (Å²) in [5.74, 6) is 6.84. The Morgan fingerprint density at radius 1 is 0.971 bits per heavy atom. The second-order valence-electron chi connectivity index (χ2n) is 8.53. The van der Waals surface area contributed by atoms with E-state index in [1.807, 2.05) is 59.5 Å². The normalized spacial score (nSPS) is 14.4. The van der Waals surface area contributed by atoms with Gasteiger partial charge in [0, 0.05) is 18.3 Å². The monoisotopic (exact) mass is 458 g/mol. The van der Waals surface area contributed by atoms with E-state index in [0.29, 0.717) is 29.1 Å². The van der Waals surface area contributed by atoms with Crippen LogP contribution in [-0.4, -0.2) is 29.4 Å². The van der Waals surface area contributed by atoms with E-state index < -0.39 is 0 Å². The lowest BCUT2D eigenvalue weighted by atomic mass is 9.88. The highest BCUT2D eigenvalue weighted by Crippen LogP contribution is 2.34. The molecule has 1 unspecified atom stereocenters. The molecule has 3 aromatic carbocycles. The van der Waals surface area contributed by atoms with Crippen LogP contribution in [0.2, 0.25) is 0 Å². The summed E-state index contributed by atoms with van der Waals surface area (Å²) in [7, 11) is 1.61. The molecule has 1 aliphatic heterocycles. The van der Waals surface area contributed by atoms with Crippen molar-refractivity contribution >= 4 is 5.91 Å². The smallest absolute Gasteiger partial charge is 0.254 e. The van der Waals surface area contributed by atoms with Crippen LogP contribution in [-0.2, 0) is 12.8 Å². The first-order chi connectivity index (χ1) is 17.2. The van der Waals surface area contributed by atoms with E-state index in [2.05, 4.69) is 53.2 Å². The first kappa shape index (κ1) is 22.4. The molecule has 0 saturated carbocycles. The van der Waals surface area contributed by atoms with E-state index in [1.54, 1.807) is 13.3 Å². The Bertz CT molecular complexity index is 1390. The fourth-order valence-corrected chi connectivity index (χ4v) is 4.62. The fraction of sp³-hybridized carbons (Fsp3) is 0.161. The van der Waals surface area contributed by atoms with E-state index in [9.17, 15) is 4.79 Å². The summed E-state index contributed by atoms with van der Waals surface area (Å²) in [6.45, 7) is 0.675. The molecule has 1 aliphatic rings. The van der Waals surface area contributed by atoms with Gasteiger partial charge in [-0.25, -0.2) is 4.98 Å². The Morgan fingerprint density at radius 2 is 1.77 bits per heavy atom. The van der Waals surface area contributed by atoms with E-state index >= 15 is 0 Å². The Labute approximate surface area is 206 Å². The minimum Gasteiger partial charge on any atom is -0.495 e. The van der Waals surface area contributed by atoms with Gasteiger partial charge >= 0.3 is 0 Å². The number of methoxy groups -OCH3 is 1. The zero-order valence-corrected chi connectivity index (χ0v) is 19.6. The molecule has 0 spiro atoms. The van der Waals surface area contributed by atoms with Crippen LogP contribution >= 0.6 is 0 Å². The van der Waals surface area contributed by atoms with Gasteiger partial charge in [0.1, 0.15) is 11.4 Å². The van der Waals surface area contributed by atoms with Crippen molar-refractivity contribution in [3.63, 3.8) is 0 Å². The van der Waals surface area contributed by atoms with Crippen molar-refractivity contribution in [2.45, 2.75) is 18.9 Å². The van der Waals surface area contributed by atoms with E-state index in [1.165, 1.54) is 16.7 Å². The average Bonchev–Trinajstić information content (AvgIpc) is 2.92. The maximum atomic E-state index is 13.9. The molecule has 2 heterocycles. The van der Waals surface area contributed by atoms with Crippen LogP contribution in [0.1, 0.15) is 44.3 Å². The number of carbonyl (C=O) groups excluding carboxylic acids is 1. The zero-order valence-electron chi connectivity index (χ0n) is 19.6. The number of rotatable bonds is 4. The number of nitrogens with zero attached hydrogens (tertiary/aromatic N) is 2. The molecule has 5 rings (SSSR count). The zero-order chi connectivity index (χ0) is 24.0. The predicted octanol–water partition coefficient (Wildman–Crippen LogP) is 5.47. The van der Waals surface area contributed by atoms with Gasteiger partial charge in [0.05, 0.1) is 18.7 Å². The third kappa shape index (κ3) is 4.95. The first-order valence-corrected chi connectivity index (χ1v) is 11.8. The Balaban J connectivity index is 1.49. The van der Waals surface area contributed by atoms with Crippen molar-refractivity contribution in [2.75, 3.05) is 13.7 Å². The van der Waals surface area contributed by atoms with E-state index in [4.69, 9.17) is 4.74 Å². The maximum absolute atomic E-state index is 13.9. The van der Waals surface area contributed by atoms with Crippen LogP contribution < -0.4 is 4.74 Å². The Hall–Kier alpha value is -4.36. The van der Waals surface area contributed by atoms with Gasteiger partial charge in [0.25, 0.3) is 5.91 Å². The topological polar surface area (TPSA) is 42.4 Å². The molecule has 0 saturated heterocycles. The van der Waals surface area contributed by atoms with E-state index in [-0.39, 0.29) is 11.9 Å². The summed E-state index contributed by atoms with van der Waals surface area (Å²) >= 11 is 0.